The molecule has 1 heterocycles. The molecule has 1 aliphatic heterocycles. The molecule has 1 aliphatic rings. The molecule has 0 aromatic heterocycles. The largest absolute Gasteiger partial charge is 0.322 e. The molecule has 7 heteroatoms. The van der Waals surface area contributed by atoms with Crippen molar-refractivity contribution in [1.29, 1.82) is 0 Å². The van der Waals surface area contributed by atoms with Gasteiger partial charge in [-0.25, -0.2) is 9.18 Å². The summed E-state index contributed by atoms with van der Waals surface area (Å²) in [6.45, 7) is 6.84. The first kappa shape index (κ1) is 23.8. The fourth-order valence-corrected chi connectivity index (χ4v) is 4.51. The minimum absolute atomic E-state index is 0.0338. The zero-order chi connectivity index (χ0) is 22.4. The first-order valence-corrected chi connectivity index (χ1v) is 11.6. The Morgan fingerprint density at radius 2 is 1.87 bits per heavy atom. The van der Waals surface area contributed by atoms with E-state index >= 15 is 0 Å². The first-order valence-electron chi connectivity index (χ1n) is 10.9. The summed E-state index contributed by atoms with van der Waals surface area (Å²) >= 11 is 11.8. The maximum Gasteiger partial charge on any atom is 0.322 e. The van der Waals surface area contributed by atoms with Crippen LogP contribution in [0.2, 0.25) is 10.0 Å². The van der Waals surface area contributed by atoms with Crippen LogP contribution in [0, 0.1) is 5.82 Å². The Kier molecular flexibility index (Phi) is 8.58. The third-order valence-corrected chi connectivity index (χ3v) is 6.78. The number of carbonyl (C=O) groups excluding carboxylic acids is 1. The van der Waals surface area contributed by atoms with Crippen LogP contribution < -0.4 is 5.32 Å². The molecule has 168 valence electrons. The molecule has 0 aliphatic carbocycles. The van der Waals surface area contributed by atoms with Crippen LogP contribution in [0.1, 0.15) is 45.1 Å². The maximum absolute atomic E-state index is 14.5. The Bertz CT molecular complexity index is 873. The Balaban J connectivity index is 1.75. The highest BCUT2D eigenvalue weighted by Crippen LogP contribution is 2.30. The molecule has 1 saturated heterocycles. The SMILES string of the molecule is CCCC(C)N1CCC(N(Cc2ccccc2)C(=O)Nc2ccc(Cl)c(Cl)c2F)CC1. The lowest BCUT2D eigenvalue weighted by Gasteiger charge is -2.40. The van der Waals surface area contributed by atoms with Gasteiger partial charge in [-0.2, -0.15) is 0 Å². The summed E-state index contributed by atoms with van der Waals surface area (Å²) in [4.78, 5) is 17.6. The van der Waals surface area contributed by atoms with Crippen LogP contribution in [-0.2, 0) is 6.54 Å². The minimum atomic E-state index is -0.717. The molecule has 3 rings (SSSR count). The number of halogens is 3. The smallest absolute Gasteiger partial charge is 0.317 e. The van der Waals surface area contributed by atoms with Crippen molar-refractivity contribution >= 4 is 34.9 Å². The van der Waals surface area contributed by atoms with Crippen LogP contribution in [0.15, 0.2) is 42.5 Å². The van der Waals surface area contributed by atoms with E-state index in [9.17, 15) is 9.18 Å². The van der Waals surface area contributed by atoms with E-state index in [0.29, 0.717) is 12.6 Å². The second kappa shape index (κ2) is 11.2. The van der Waals surface area contributed by atoms with E-state index in [4.69, 9.17) is 23.2 Å². The number of piperidine rings is 1. The topological polar surface area (TPSA) is 35.6 Å². The summed E-state index contributed by atoms with van der Waals surface area (Å²) in [7, 11) is 0. The van der Waals surface area contributed by atoms with E-state index in [0.717, 1.165) is 31.5 Å². The highest BCUT2D eigenvalue weighted by Gasteiger charge is 2.30. The van der Waals surface area contributed by atoms with Crippen molar-refractivity contribution < 1.29 is 9.18 Å². The summed E-state index contributed by atoms with van der Waals surface area (Å²) in [5, 5.41) is 2.64. The van der Waals surface area contributed by atoms with E-state index in [1.807, 2.05) is 35.2 Å². The van der Waals surface area contributed by atoms with Crippen molar-refractivity contribution in [2.45, 2.75) is 58.2 Å². The molecule has 4 nitrogen and oxygen atoms in total. The van der Waals surface area contributed by atoms with Gasteiger partial charge in [-0.05, 0) is 43.9 Å². The van der Waals surface area contributed by atoms with Gasteiger partial charge in [0.15, 0.2) is 5.82 Å². The predicted octanol–water partition coefficient (Wildman–Crippen LogP) is 6.82. The number of benzene rings is 2. The van der Waals surface area contributed by atoms with Crippen LogP contribution in [0.25, 0.3) is 0 Å². The normalized spacial score (nSPS) is 16.2. The van der Waals surface area contributed by atoms with E-state index in [1.54, 1.807) is 0 Å². The fraction of sp³-hybridized carbons (Fsp3) is 0.458. The summed E-state index contributed by atoms with van der Waals surface area (Å²) in [5.74, 6) is -0.717. The van der Waals surface area contributed by atoms with Crippen molar-refractivity contribution in [3.8, 4) is 0 Å². The van der Waals surface area contributed by atoms with Crippen LogP contribution >= 0.6 is 23.2 Å². The first-order chi connectivity index (χ1) is 14.9. The Morgan fingerprint density at radius 3 is 2.52 bits per heavy atom. The highest BCUT2D eigenvalue weighted by atomic mass is 35.5. The monoisotopic (exact) mass is 465 g/mol. The molecule has 0 bridgehead atoms. The molecule has 31 heavy (non-hydrogen) atoms. The molecule has 1 N–H and O–H groups in total. The standard InChI is InChI=1S/C24H30Cl2FN3O/c1-3-7-17(2)29-14-12-19(13-15-29)30(16-18-8-5-4-6-9-18)24(31)28-21-11-10-20(25)22(26)23(21)27/h4-6,8-11,17,19H,3,7,12-16H2,1-2H3,(H,28,31). The number of nitrogens with one attached hydrogen (secondary N) is 1. The molecule has 2 amide bonds. The fourth-order valence-electron chi connectivity index (χ4n) is 4.19. The van der Waals surface area contributed by atoms with Gasteiger partial charge in [0.1, 0.15) is 0 Å². The van der Waals surface area contributed by atoms with Gasteiger partial charge in [0.2, 0.25) is 0 Å². The van der Waals surface area contributed by atoms with Crippen molar-refractivity contribution in [2.75, 3.05) is 18.4 Å². The van der Waals surface area contributed by atoms with Gasteiger partial charge >= 0.3 is 6.03 Å². The van der Waals surface area contributed by atoms with E-state index in [2.05, 4.69) is 24.1 Å². The molecule has 0 radical (unpaired) electrons. The van der Waals surface area contributed by atoms with Crippen LogP contribution in [0.5, 0.6) is 0 Å². The number of amides is 2. The molecular weight excluding hydrogens is 436 g/mol. The summed E-state index contributed by atoms with van der Waals surface area (Å²) in [6, 6.07) is 13.1. The Morgan fingerprint density at radius 1 is 1.19 bits per heavy atom. The van der Waals surface area contributed by atoms with Crippen molar-refractivity contribution in [3.63, 3.8) is 0 Å². The zero-order valence-electron chi connectivity index (χ0n) is 18.1. The van der Waals surface area contributed by atoms with Gasteiger partial charge in [-0.1, -0.05) is 66.9 Å². The van der Waals surface area contributed by atoms with E-state index in [1.165, 1.54) is 25.0 Å². The van der Waals surface area contributed by atoms with Gasteiger partial charge in [-0.15, -0.1) is 0 Å². The van der Waals surface area contributed by atoms with Gasteiger partial charge < -0.3 is 15.1 Å². The molecule has 1 fully saturated rings. The minimum Gasteiger partial charge on any atom is -0.317 e. The second-order valence-corrected chi connectivity index (χ2v) is 8.96. The van der Waals surface area contributed by atoms with Crippen LogP contribution in [0.3, 0.4) is 0 Å². The number of nitrogens with zero attached hydrogens (tertiary/aromatic N) is 2. The zero-order valence-corrected chi connectivity index (χ0v) is 19.6. The second-order valence-electron chi connectivity index (χ2n) is 8.17. The molecular formula is C24H30Cl2FN3O. The van der Waals surface area contributed by atoms with Crippen LogP contribution in [0.4, 0.5) is 14.9 Å². The number of hydrogen-bond donors (Lipinski definition) is 1. The predicted molar refractivity (Wildman–Crippen MR) is 126 cm³/mol. The Hall–Kier alpha value is -1.82. The lowest BCUT2D eigenvalue weighted by molar-refractivity contribution is 0.0989. The number of carbonyl (C=O) groups is 1. The van der Waals surface area contributed by atoms with Crippen LogP contribution in [-0.4, -0.2) is 41.0 Å². The molecule has 0 spiro atoms. The van der Waals surface area contributed by atoms with Crippen molar-refractivity contribution in [1.82, 2.24) is 9.80 Å². The van der Waals surface area contributed by atoms with Gasteiger partial charge in [0.05, 0.1) is 15.7 Å². The molecule has 1 atom stereocenters. The third-order valence-electron chi connectivity index (χ3n) is 6.00. The van der Waals surface area contributed by atoms with Gasteiger partial charge in [-0.3, -0.25) is 0 Å². The van der Waals surface area contributed by atoms with E-state index < -0.39 is 5.82 Å². The van der Waals surface area contributed by atoms with Crippen molar-refractivity contribution in [3.05, 3.63) is 63.9 Å². The molecule has 2 aromatic carbocycles. The Labute approximate surface area is 194 Å². The lowest BCUT2D eigenvalue weighted by Crippen LogP contribution is -2.50. The average molecular weight is 466 g/mol. The summed E-state index contributed by atoms with van der Waals surface area (Å²) in [6.07, 6.45) is 4.12. The quantitative estimate of drug-likeness (QED) is 0.455. The number of rotatable bonds is 7. The van der Waals surface area contributed by atoms with Gasteiger partial charge in [0, 0.05) is 31.7 Å². The number of hydrogen-bond acceptors (Lipinski definition) is 2. The third kappa shape index (κ3) is 6.12. The van der Waals surface area contributed by atoms with E-state index in [-0.39, 0.29) is 27.8 Å². The lowest BCUT2D eigenvalue weighted by atomic mass is 10.00. The summed E-state index contributed by atoms with van der Waals surface area (Å²) in [5.41, 5.74) is 1.07. The molecule has 0 saturated carbocycles. The summed E-state index contributed by atoms with van der Waals surface area (Å²) < 4.78 is 14.5. The molecule has 1 unspecified atom stereocenters. The number of likely N-dealkylation sites (tertiary alicyclic amines) is 1. The average Bonchev–Trinajstić information content (AvgIpc) is 2.79. The maximum atomic E-state index is 14.5. The van der Waals surface area contributed by atoms with Gasteiger partial charge in [0.25, 0.3) is 0 Å². The number of urea groups is 1. The number of anilines is 1. The highest BCUT2D eigenvalue weighted by molar-refractivity contribution is 6.42. The van der Waals surface area contributed by atoms with Crippen molar-refractivity contribution in [2.24, 2.45) is 0 Å². The molecule has 2 aromatic rings.